The highest BCUT2D eigenvalue weighted by atomic mass is 32.1. The fourth-order valence-electron chi connectivity index (χ4n) is 2.07. The van der Waals surface area contributed by atoms with Gasteiger partial charge in [0.05, 0.1) is 6.04 Å². The van der Waals surface area contributed by atoms with Gasteiger partial charge in [-0.25, -0.2) is 0 Å². The highest BCUT2D eigenvalue weighted by Crippen LogP contribution is 2.28. The Labute approximate surface area is 142 Å². The van der Waals surface area contributed by atoms with Gasteiger partial charge in [0.25, 0.3) is 0 Å². The smallest absolute Gasteiger partial charge is 0.217 e. The first-order valence-corrected chi connectivity index (χ1v) is 8.88. The van der Waals surface area contributed by atoms with Crippen molar-refractivity contribution in [2.24, 2.45) is 5.73 Å². The average molecular weight is 334 g/mol. The van der Waals surface area contributed by atoms with Crippen molar-refractivity contribution in [3.63, 3.8) is 0 Å². The molecule has 3 N–H and O–H groups in total. The van der Waals surface area contributed by atoms with Crippen LogP contribution in [0.4, 0.5) is 0 Å². The van der Waals surface area contributed by atoms with E-state index in [1.807, 2.05) is 44.2 Å². The summed E-state index contributed by atoms with van der Waals surface area (Å²) in [5.41, 5.74) is 6.57. The second-order valence-corrected chi connectivity index (χ2v) is 5.86. The Morgan fingerprint density at radius 2 is 1.91 bits per heavy atom. The predicted molar refractivity (Wildman–Crippen MR) is 96.2 cm³/mol. The van der Waals surface area contributed by atoms with E-state index in [-0.39, 0.29) is 11.9 Å². The maximum Gasteiger partial charge on any atom is 0.217 e. The molecular formula is C17H26N4OS. The lowest BCUT2D eigenvalue weighted by atomic mass is 10.1. The van der Waals surface area contributed by atoms with E-state index < -0.39 is 0 Å². The number of unbranched alkanes of at least 4 members (excludes halogenated alkanes) is 1. The number of rotatable bonds is 7. The first-order valence-electron chi connectivity index (χ1n) is 8.06. The van der Waals surface area contributed by atoms with Crippen molar-refractivity contribution in [1.82, 2.24) is 15.5 Å². The molecule has 2 aromatic rings. The van der Waals surface area contributed by atoms with Gasteiger partial charge in [-0.05, 0) is 25.8 Å². The number of nitrogens with zero attached hydrogens (tertiary/aromatic N) is 2. The largest absolute Gasteiger partial charge is 0.347 e. The SMILES string of the molecule is CC.CC(=O)NC(CCCCN)c1nnc(-c2ccccc2)s1. The van der Waals surface area contributed by atoms with Gasteiger partial charge in [-0.2, -0.15) is 0 Å². The number of benzene rings is 1. The summed E-state index contributed by atoms with van der Waals surface area (Å²) in [4.78, 5) is 11.4. The van der Waals surface area contributed by atoms with E-state index in [1.54, 1.807) is 0 Å². The number of aromatic nitrogens is 2. The molecule has 1 atom stereocenters. The predicted octanol–water partition coefficient (Wildman–Crippen LogP) is 3.54. The van der Waals surface area contributed by atoms with Crippen molar-refractivity contribution < 1.29 is 4.79 Å². The van der Waals surface area contributed by atoms with Crippen LogP contribution in [0.1, 0.15) is 51.1 Å². The Balaban J connectivity index is 0.00000127. The van der Waals surface area contributed by atoms with Crippen LogP contribution in [-0.4, -0.2) is 22.6 Å². The minimum Gasteiger partial charge on any atom is -0.347 e. The third-order valence-corrected chi connectivity index (χ3v) is 4.17. The summed E-state index contributed by atoms with van der Waals surface area (Å²) >= 11 is 1.53. The van der Waals surface area contributed by atoms with E-state index in [9.17, 15) is 4.79 Å². The van der Waals surface area contributed by atoms with Crippen LogP contribution >= 0.6 is 11.3 Å². The fourth-order valence-corrected chi connectivity index (χ4v) is 3.00. The molecule has 6 heteroatoms. The summed E-state index contributed by atoms with van der Waals surface area (Å²) in [5.74, 6) is -0.0517. The first kappa shape index (κ1) is 19.3. The van der Waals surface area contributed by atoms with Gasteiger partial charge in [-0.15, -0.1) is 10.2 Å². The number of hydrogen-bond acceptors (Lipinski definition) is 5. The second kappa shape index (κ2) is 10.9. The van der Waals surface area contributed by atoms with Crippen molar-refractivity contribution in [1.29, 1.82) is 0 Å². The number of amides is 1. The Morgan fingerprint density at radius 1 is 1.22 bits per heavy atom. The van der Waals surface area contributed by atoms with Crippen LogP contribution < -0.4 is 11.1 Å². The van der Waals surface area contributed by atoms with Crippen LogP contribution in [0.25, 0.3) is 10.6 Å². The van der Waals surface area contributed by atoms with E-state index in [0.29, 0.717) is 6.54 Å². The number of nitrogens with one attached hydrogen (secondary N) is 1. The Morgan fingerprint density at radius 3 is 2.52 bits per heavy atom. The van der Waals surface area contributed by atoms with Gasteiger partial charge >= 0.3 is 0 Å². The molecule has 0 aliphatic carbocycles. The molecular weight excluding hydrogens is 308 g/mol. The maximum absolute atomic E-state index is 11.4. The number of carbonyl (C=O) groups is 1. The molecule has 2 rings (SSSR count). The molecule has 0 saturated carbocycles. The van der Waals surface area contributed by atoms with E-state index in [0.717, 1.165) is 34.8 Å². The molecule has 1 heterocycles. The maximum atomic E-state index is 11.4. The molecule has 1 aromatic heterocycles. The van der Waals surface area contributed by atoms with Crippen molar-refractivity contribution in [2.45, 2.75) is 46.1 Å². The first-order chi connectivity index (χ1) is 11.2. The lowest BCUT2D eigenvalue weighted by molar-refractivity contribution is -0.119. The van der Waals surface area contributed by atoms with Gasteiger partial charge in [0.2, 0.25) is 5.91 Å². The lowest BCUT2D eigenvalue weighted by Gasteiger charge is -2.14. The van der Waals surface area contributed by atoms with E-state index in [1.165, 1.54) is 18.3 Å². The molecule has 0 bridgehead atoms. The summed E-state index contributed by atoms with van der Waals surface area (Å²) in [7, 11) is 0. The molecule has 1 aromatic carbocycles. The molecule has 0 fully saturated rings. The molecule has 5 nitrogen and oxygen atoms in total. The number of hydrogen-bond donors (Lipinski definition) is 2. The van der Waals surface area contributed by atoms with Gasteiger partial charge in [-0.1, -0.05) is 55.5 Å². The molecule has 1 amide bonds. The van der Waals surface area contributed by atoms with Gasteiger partial charge in [0.1, 0.15) is 10.0 Å². The van der Waals surface area contributed by atoms with Crippen LogP contribution in [0.2, 0.25) is 0 Å². The molecule has 126 valence electrons. The van der Waals surface area contributed by atoms with Crippen LogP contribution in [-0.2, 0) is 4.79 Å². The Hall–Kier alpha value is -1.79. The van der Waals surface area contributed by atoms with Crippen molar-refractivity contribution in [2.75, 3.05) is 6.54 Å². The zero-order valence-electron chi connectivity index (χ0n) is 14.1. The average Bonchev–Trinajstić information content (AvgIpc) is 3.06. The zero-order valence-corrected chi connectivity index (χ0v) is 14.9. The fraction of sp³-hybridized carbons (Fsp3) is 0.471. The third-order valence-electron chi connectivity index (χ3n) is 3.08. The number of carbonyl (C=O) groups excluding carboxylic acids is 1. The standard InChI is InChI=1S/C15H20N4OS.C2H6/c1-11(20)17-13(9-5-6-10-16)15-19-18-14(21-15)12-7-3-2-4-8-12;1-2/h2-4,7-8,13H,5-6,9-10,16H2,1H3,(H,17,20);1-2H3. The monoisotopic (exact) mass is 334 g/mol. The minimum atomic E-state index is -0.0796. The van der Waals surface area contributed by atoms with Crippen molar-refractivity contribution in [3.8, 4) is 10.6 Å². The molecule has 0 saturated heterocycles. The van der Waals surface area contributed by atoms with E-state index >= 15 is 0 Å². The molecule has 0 aliphatic heterocycles. The molecule has 0 spiro atoms. The van der Waals surface area contributed by atoms with Crippen LogP contribution in [0.15, 0.2) is 30.3 Å². The highest BCUT2D eigenvalue weighted by Gasteiger charge is 2.18. The summed E-state index contributed by atoms with van der Waals surface area (Å²) in [6.45, 7) is 6.19. The number of nitrogens with two attached hydrogens (primary N) is 1. The molecule has 1 unspecified atom stereocenters. The van der Waals surface area contributed by atoms with E-state index in [2.05, 4.69) is 15.5 Å². The van der Waals surface area contributed by atoms with Crippen LogP contribution in [0.3, 0.4) is 0 Å². The minimum absolute atomic E-state index is 0.0517. The summed E-state index contributed by atoms with van der Waals surface area (Å²) in [5, 5.41) is 13.2. The zero-order chi connectivity index (χ0) is 17.1. The Bertz CT molecular complexity index is 571. The van der Waals surface area contributed by atoms with Crippen LogP contribution in [0.5, 0.6) is 0 Å². The van der Waals surface area contributed by atoms with Gasteiger partial charge in [-0.3, -0.25) is 4.79 Å². The quantitative estimate of drug-likeness (QED) is 0.759. The lowest BCUT2D eigenvalue weighted by Crippen LogP contribution is -2.26. The topological polar surface area (TPSA) is 80.9 Å². The highest BCUT2D eigenvalue weighted by molar-refractivity contribution is 7.14. The molecule has 0 radical (unpaired) electrons. The summed E-state index contributed by atoms with van der Waals surface area (Å²) in [6, 6.07) is 9.85. The summed E-state index contributed by atoms with van der Waals surface area (Å²) < 4.78 is 0. The molecule has 0 aliphatic rings. The van der Waals surface area contributed by atoms with Gasteiger partial charge in [0.15, 0.2) is 0 Å². The van der Waals surface area contributed by atoms with E-state index in [4.69, 9.17) is 5.73 Å². The van der Waals surface area contributed by atoms with Crippen molar-refractivity contribution >= 4 is 17.2 Å². The normalized spacial score (nSPS) is 11.3. The van der Waals surface area contributed by atoms with Gasteiger partial charge < -0.3 is 11.1 Å². The van der Waals surface area contributed by atoms with Gasteiger partial charge in [0, 0.05) is 12.5 Å². The summed E-state index contributed by atoms with van der Waals surface area (Å²) in [6.07, 6.45) is 2.74. The van der Waals surface area contributed by atoms with Crippen molar-refractivity contribution in [3.05, 3.63) is 35.3 Å². The third kappa shape index (κ3) is 6.46. The van der Waals surface area contributed by atoms with Crippen LogP contribution in [0, 0.1) is 0 Å². The molecule has 23 heavy (non-hydrogen) atoms. The Kier molecular flexibility index (Phi) is 9.09. The second-order valence-electron chi connectivity index (χ2n) is 4.85.